The highest BCUT2D eigenvalue weighted by molar-refractivity contribution is 6.30. The van der Waals surface area contributed by atoms with Crippen LogP contribution in [0.4, 0.5) is 0 Å². The fourth-order valence-corrected chi connectivity index (χ4v) is 2.21. The third-order valence-electron chi connectivity index (χ3n) is 2.81. The Kier molecular flexibility index (Phi) is 3.82. The summed E-state index contributed by atoms with van der Waals surface area (Å²) in [6, 6.07) is 14.5. The van der Waals surface area contributed by atoms with E-state index in [0.717, 1.165) is 11.6 Å². The predicted molar refractivity (Wildman–Crippen MR) is 74.4 cm³/mol. The first-order chi connectivity index (χ1) is 8.20. The maximum absolute atomic E-state index is 6.02. The van der Waals surface area contributed by atoms with Crippen molar-refractivity contribution in [3.63, 3.8) is 0 Å². The van der Waals surface area contributed by atoms with Gasteiger partial charge in [-0.15, -0.1) is 0 Å². The molecule has 0 saturated carbocycles. The Morgan fingerprint density at radius 1 is 1.12 bits per heavy atom. The number of nitrogens with one attached hydrogen (secondary N) is 1. The van der Waals surface area contributed by atoms with Crippen LogP contribution in [0, 0.1) is 6.92 Å². The second-order valence-corrected chi connectivity index (χ2v) is 4.63. The van der Waals surface area contributed by atoms with Gasteiger partial charge in [0, 0.05) is 11.6 Å². The quantitative estimate of drug-likeness (QED) is 0.861. The van der Waals surface area contributed by atoms with Crippen LogP contribution in [0.5, 0.6) is 0 Å². The molecule has 17 heavy (non-hydrogen) atoms. The van der Waals surface area contributed by atoms with E-state index in [9.17, 15) is 0 Å². The second kappa shape index (κ2) is 5.35. The normalized spacial score (nSPS) is 10.5. The lowest BCUT2D eigenvalue weighted by Gasteiger charge is -2.09. The van der Waals surface area contributed by atoms with Crippen LogP contribution in [-0.2, 0) is 6.54 Å². The molecule has 0 bridgehead atoms. The van der Waals surface area contributed by atoms with Crippen LogP contribution in [0.25, 0.3) is 11.1 Å². The standard InChI is InChI=1S/C15H16ClN/c1-11-8-12(10-17-2)6-7-15(11)13-4-3-5-14(16)9-13/h3-9,17H,10H2,1-2H3. The van der Waals surface area contributed by atoms with Gasteiger partial charge >= 0.3 is 0 Å². The number of hydrogen-bond donors (Lipinski definition) is 1. The van der Waals surface area contributed by atoms with E-state index in [4.69, 9.17) is 11.6 Å². The Hall–Kier alpha value is -1.31. The van der Waals surface area contributed by atoms with E-state index in [0.29, 0.717) is 0 Å². The molecule has 0 aliphatic heterocycles. The van der Waals surface area contributed by atoms with Crippen molar-refractivity contribution in [1.29, 1.82) is 0 Å². The molecule has 2 aromatic carbocycles. The summed E-state index contributed by atoms with van der Waals surface area (Å²) in [5.74, 6) is 0. The third kappa shape index (κ3) is 2.87. The fourth-order valence-electron chi connectivity index (χ4n) is 2.02. The molecule has 1 N–H and O–H groups in total. The lowest BCUT2D eigenvalue weighted by molar-refractivity contribution is 0.817. The summed E-state index contributed by atoms with van der Waals surface area (Å²) in [6.07, 6.45) is 0. The fraction of sp³-hybridized carbons (Fsp3) is 0.200. The zero-order chi connectivity index (χ0) is 12.3. The zero-order valence-corrected chi connectivity index (χ0v) is 10.9. The highest BCUT2D eigenvalue weighted by Crippen LogP contribution is 2.26. The van der Waals surface area contributed by atoms with Crippen LogP contribution in [0.15, 0.2) is 42.5 Å². The van der Waals surface area contributed by atoms with Gasteiger partial charge in [-0.05, 0) is 48.4 Å². The maximum Gasteiger partial charge on any atom is 0.0412 e. The molecule has 88 valence electrons. The van der Waals surface area contributed by atoms with Crippen molar-refractivity contribution in [3.05, 3.63) is 58.6 Å². The van der Waals surface area contributed by atoms with Crippen molar-refractivity contribution < 1.29 is 0 Å². The van der Waals surface area contributed by atoms with Crippen molar-refractivity contribution in [2.24, 2.45) is 0 Å². The van der Waals surface area contributed by atoms with E-state index in [1.165, 1.54) is 22.3 Å². The third-order valence-corrected chi connectivity index (χ3v) is 3.04. The molecule has 0 heterocycles. The van der Waals surface area contributed by atoms with E-state index in [1.54, 1.807) is 0 Å². The molecule has 0 radical (unpaired) electrons. The molecule has 0 aromatic heterocycles. The number of benzene rings is 2. The summed E-state index contributed by atoms with van der Waals surface area (Å²) in [7, 11) is 1.96. The van der Waals surface area contributed by atoms with E-state index >= 15 is 0 Å². The SMILES string of the molecule is CNCc1ccc(-c2cccc(Cl)c2)c(C)c1. The summed E-state index contributed by atoms with van der Waals surface area (Å²) in [6.45, 7) is 3.03. The van der Waals surface area contributed by atoms with E-state index in [2.05, 4.69) is 36.5 Å². The van der Waals surface area contributed by atoms with Gasteiger partial charge in [0.2, 0.25) is 0 Å². The Morgan fingerprint density at radius 2 is 1.94 bits per heavy atom. The lowest BCUT2D eigenvalue weighted by atomic mass is 9.98. The molecule has 0 fully saturated rings. The van der Waals surface area contributed by atoms with Crippen molar-refractivity contribution in [2.75, 3.05) is 7.05 Å². The molecular weight excluding hydrogens is 230 g/mol. The van der Waals surface area contributed by atoms with Crippen LogP contribution >= 0.6 is 11.6 Å². The number of halogens is 1. The molecule has 0 unspecified atom stereocenters. The van der Waals surface area contributed by atoms with Gasteiger partial charge in [0.1, 0.15) is 0 Å². The molecular formula is C15H16ClN. The van der Waals surface area contributed by atoms with Crippen molar-refractivity contribution >= 4 is 11.6 Å². The Morgan fingerprint density at radius 3 is 2.59 bits per heavy atom. The molecule has 2 aromatic rings. The lowest BCUT2D eigenvalue weighted by Crippen LogP contribution is -2.05. The predicted octanol–water partition coefficient (Wildman–Crippen LogP) is 4.03. The minimum Gasteiger partial charge on any atom is -0.316 e. The Bertz CT molecular complexity index is 520. The molecule has 0 spiro atoms. The summed E-state index contributed by atoms with van der Waals surface area (Å²) in [5, 5.41) is 3.94. The second-order valence-electron chi connectivity index (χ2n) is 4.19. The highest BCUT2D eigenvalue weighted by Gasteiger charge is 2.03. The average Bonchev–Trinajstić information content (AvgIpc) is 2.29. The summed E-state index contributed by atoms with van der Waals surface area (Å²) < 4.78 is 0. The van der Waals surface area contributed by atoms with Crippen LogP contribution in [0.3, 0.4) is 0 Å². The summed E-state index contributed by atoms with van der Waals surface area (Å²) in [5.41, 5.74) is 4.99. The van der Waals surface area contributed by atoms with Gasteiger partial charge in [0.05, 0.1) is 0 Å². The minimum atomic E-state index is 0.779. The van der Waals surface area contributed by atoms with Crippen LogP contribution in [-0.4, -0.2) is 7.05 Å². The molecule has 0 amide bonds. The highest BCUT2D eigenvalue weighted by atomic mass is 35.5. The van der Waals surface area contributed by atoms with Gasteiger partial charge in [-0.2, -0.15) is 0 Å². The smallest absolute Gasteiger partial charge is 0.0412 e. The number of hydrogen-bond acceptors (Lipinski definition) is 1. The molecule has 0 atom stereocenters. The maximum atomic E-state index is 6.02. The summed E-state index contributed by atoms with van der Waals surface area (Å²) >= 11 is 6.02. The minimum absolute atomic E-state index is 0.779. The largest absolute Gasteiger partial charge is 0.316 e. The van der Waals surface area contributed by atoms with Gasteiger partial charge in [-0.1, -0.05) is 41.9 Å². The molecule has 0 aliphatic rings. The zero-order valence-electron chi connectivity index (χ0n) is 10.1. The first-order valence-electron chi connectivity index (χ1n) is 5.71. The molecule has 0 aliphatic carbocycles. The summed E-state index contributed by atoms with van der Waals surface area (Å²) in [4.78, 5) is 0. The van der Waals surface area contributed by atoms with Gasteiger partial charge < -0.3 is 5.32 Å². The first kappa shape index (κ1) is 12.2. The van der Waals surface area contributed by atoms with E-state index in [-0.39, 0.29) is 0 Å². The topological polar surface area (TPSA) is 12.0 Å². The van der Waals surface area contributed by atoms with Crippen molar-refractivity contribution in [3.8, 4) is 11.1 Å². The van der Waals surface area contributed by atoms with Crippen molar-refractivity contribution in [2.45, 2.75) is 13.5 Å². The Balaban J connectivity index is 2.39. The number of rotatable bonds is 3. The molecule has 2 rings (SSSR count). The first-order valence-corrected chi connectivity index (χ1v) is 6.08. The van der Waals surface area contributed by atoms with Gasteiger partial charge in [0.15, 0.2) is 0 Å². The van der Waals surface area contributed by atoms with E-state index in [1.807, 2.05) is 25.2 Å². The van der Waals surface area contributed by atoms with Crippen LogP contribution in [0.1, 0.15) is 11.1 Å². The van der Waals surface area contributed by atoms with Crippen LogP contribution < -0.4 is 5.32 Å². The van der Waals surface area contributed by atoms with Gasteiger partial charge in [-0.3, -0.25) is 0 Å². The average molecular weight is 246 g/mol. The van der Waals surface area contributed by atoms with Gasteiger partial charge in [0.25, 0.3) is 0 Å². The Labute approximate surface area is 107 Å². The van der Waals surface area contributed by atoms with Gasteiger partial charge in [-0.25, -0.2) is 0 Å². The molecule has 0 saturated heterocycles. The van der Waals surface area contributed by atoms with Crippen LogP contribution in [0.2, 0.25) is 5.02 Å². The monoisotopic (exact) mass is 245 g/mol. The van der Waals surface area contributed by atoms with E-state index < -0.39 is 0 Å². The number of aryl methyl sites for hydroxylation is 1. The van der Waals surface area contributed by atoms with Crippen molar-refractivity contribution in [1.82, 2.24) is 5.32 Å². The molecule has 1 nitrogen and oxygen atoms in total. The molecule has 2 heteroatoms.